The highest BCUT2D eigenvalue weighted by atomic mass is 16.3. The van der Waals surface area contributed by atoms with E-state index in [-0.39, 0.29) is 30.8 Å². The zero-order valence-electron chi connectivity index (χ0n) is 16.6. The average molecular weight is 407 g/mol. The zero-order chi connectivity index (χ0) is 21.1. The number of aliphatic hydroxyl groups excluding tert-OH is 1. The Bertz CT molecular complexity index is 981. The number of nitrogens with zero attached hydrogens (tertiary/aromatic N) is 3. The van der Waals surface area contributed by atoms with Gasteiger partial charge in [-0.05, 0) is 36.8 Å². The predicted octanol–water partition coefficient (Wildman–Crippen LogP) is 1.88. The second-order valence-electron chi connectivity index (χ2n) is 8.01. The van der Waals surface area contributed by atoms with Gasteiger partial charge in [-0.2, -0.15) is 10.2 Å². The Hall–Kier alpha value is -3.02. The molecule has 0 spiro atoms. The Morgan fingerprint density at radius 1 is 1.23 bits per heavy atom. The van der Waals surface area contributed by atoms with Crippen molar-refractivity contribution < 1.29 is 15.0 Å². The number of aromatic nitrogens is 2. The number of fused-ring (bicyclic) bond motifs is 1. The Balaban J connectivity index is 1.42. The number of ketones is 1. The van der Waals surface area contributed by atoms with Gasteiger partial charge in [0, 0.05) is 25.4 Å². The zero-order valence-corrected chi connectivity index (χ0v) is 16.6. The summed E-state index contributed by atoms with van der Waals surface area (Å²) in [4.78, 5) is 21.0. The standard InChI is InChI=1S/C22H25N5O3/c23-12-15-13-25-21(27-20(15)26-16-5-7-17(28)8-6-16)24-10-9-22(30)18-4-2-1-3-14(18)11-19(22)29/h1-4,13,16-17,28,30H,5-11H2,(H2,24,25,26,27). The Kier molecular flexibility index (Phi) is 5.66. The van der Waals surface area contributed by atoms with Crippen molar-refractivity contribution in [3.8, 4) is 6.07 Å². The van der Waals surface area contributed by atoms with Gasteiger partial charge in [0.15, 0.2) is 5.78 Å². The normalized spacial score (nSPS) is 25.4. The van der Waals surface area contributed by atoms with Gasteiger partial charge < -0.3 is 20.8 Å². The second kappa shape index (κ2) is 8.38. The molecule has 2 aliphatic rings. The number of Topliss-reactive ketones (excluding diaryl/α,β-unsaturated/α-hetero) is 1. The fourth-order valence-corrected chi connectivity index (χ4v) is 4.25. The Labute approximate surface area is 175 Å². The minimum Gasteiger partial charge on any atom is -0.393 e. The molecule has 1 aromatic carbocycles. The summed E-state index contributed by atoms with van der Waals surface area (Å²) >= 11 is 0. The largest absolute Gasteiger partial charge is 0.393 e. The predicted molar refractivity (Wildman–Crippen MR) is 111 cm³/mol. The van der Waals surface area contributed by atoms with E-state index >= 15 is 0 Å². The highest BCUT2D eigenvalue weighted by molar-refractivity contribution is 5.94. The molecule has 1 unspecified atom stereocenters. The molecule has 1 aromatic heterocycles. The summed E-state index contributed by atoms with van der Waals surface area (Å²) in [7, 11) is 0. The molecular weight excluding hydrogens is 382 g/mol. The Morgan fingerprint density at radius 2 is 2.00 bits per heavy atom. The SMILES string of the molecule is N#Cc1cnc(NCCC2(O)C(=O)Cc3ccccc32)nc1NC1CCC(O)CC1. The lowest BCUT2D eigenvalue weighted by Gasteiger charge is -2.27. The van der Waals surface area contributed by atoms with Crippen molar-refractivity contribution in [3.63, 3.8) is 0 Å². The lowest BCUT2D eigenvalue weighted by Crippen LogP contribution is -2.34. The number of anilines is 2. The van der Waals surface area contributed by atoms with Crippen LogP contribution in [-0.4, -0.2) is 44.7 Å². The third-order valence-corrected chi connectivity index (χ3v) is 5.99. The van der Waals surface area contributed by atoms with Crippen molar-refractivity contribution in [1.82, 2.24) is 9.97 Å². The van der Waals surface area contributed by atoms with Crippen LogP contribution in [0.5, 0.6) is 0 Å². The van der Waals surface area contributed by atoms with E-state index in [0.29, 0.717) is 29.4 Å². The van der Waals surface area contributed by atoms with Gasteiger partial charge in [-0.15, -0.1) is 0 Å². The van der Waals surface area contributed by atoms with E-state index in [0.717, 1.165) is 31.2 Å². The highest BCUT2D eigenvalue weighted by Crippen LogP contribution is 2.36. The van der Waals surface area contributed by atoms with E-state index in [2.05, 4.69) is 26.7 Å². The molecule has 8 nitrogen and oxygen atoms in total. The minimum atomic E-state index is -1.50. The molecule has 0 amide bonds. The summed E-state index contributed by atoms with van der Waals surface area (Å²) in [6.45, 7) is 0.303. The number of carbonyl (C=O) groups excluding carboxylic acids is 1. The van der Waals surface area contributed by atoms with E-state index in [1.165, 1.54) is 6.20 Å². The topological polar surface area (TPSA) is 131 Å². The molecule has 1 heterocycles. The van der Waals surface area contributed by atoms with Crippen LogP contribution < -0.4 is 10.6 Å². The molecule has 0 saturated heterocycles. The number of carbonyl (C=O) groups is 1. The third-order valence-electron chi connectivity index (χ3n) is 5.99. The summed E-state index contributed by atoms with van der Waals surface area (Å²) in [6, 6.07) is 9.59. The van der Waals surface area contributed by atoms with Gasteiger partial charge in [0.2, 0.25) is 5.95 Å². The molecule has 30 heavy (non-hydrogen) atoms. The smallest absolute Gasteiger partial charge is 0.224 e. The molecule has 0 aliphatic heterocycles. The monoisotopic (exact) mass is 407 g/mol. The fourth-order valence-electron chi connectivity index (χ4n) is 4.25. The van der Waals surface area contributed by atoms with E-state index in [1.54, 1.807) is 6.07 Å². The van der Waals surface area contributed by atoms with Crippen molar-refractivity contribution in [2.75, 3.05) is 17.2 Å². The maximum absolute atomic E-state index is 12.4. The molecule has 2 aromatic rings. The van der Waals surface area contributed by atoms with Gasteiger partial charge in [-0.3, -0.25) is 4.79 Å². The van der Waals surface area contributed by atoms with Gasteiger partial charge in [0.25, 0.3) is 0 Å². The first-order valence-corrected chi connectivity index (χ1v) is 10.3. The molecule has 8 heteroatoms. The summed E-state index contributed by atoms with van der Waals surface area (Å²) in [5, 5.41) is 36.3. The summed E-state index contributed by atoms with van der Waals surface area (Å²) in [5.74, 6) is 0.583. The van der Waals surface area contributed by atoms with Crippen LogP contribution in [0.2, 0.25) is 0 Å². The molecule has 0 bridgehead atoms. The average Bonchev–Trinajstić information content (AvgIpc) is 3.00. The van der Waals surface area contributed by atoms with Gasteiger partial charge >= 0.3 is 0 Å². The van der Waals surface area contributed by atoms with Crippen molar-refractivity contribution in [3.05, 3.63) is 47.2 Å². The maximum Gasteiger partial charge on any atom is 0.224 e. The number of benzene rings is 1. The first-order chi connectivity index (χ1) is 14.5. The van der Waals surface area contributed by atoms with Crippen LogP contribution in [0, 0.1) is 11.3 Å². The summed E-state index contributed by atoms with van der Waals surface area (Å²) < 4.78 is 0. The number of hydrogen-bond donors (Lipinski definition) is 4. The lowest BCUT2D eigenvalue weighted by atomic mass is 9.91. The van der Waals surface area contributed by atoms with Crippen LogP contribution in [-0.2, 0) is 16.8 Å². The highest BCUT2D eigenvalue weighted by Gasteiger charge is 2.43. The quantitative estimate of drug-likeness (QED) is 0.571. The Morgan fingerprint density at radius 3 is 2.77 bits per heavy atom. The van der Waals surface area contributed by atoms with Gasteiger partial charge in [-0.1, -0.05) is 24.3 Å². The van der Waals surface area contributed by atoms with Crippen LogP contribution >= 0.6 is 0 Å². The summed E-state index contributed by atoms with van der Waals surface area (Å²) in [6.07, 6.45) is 4.73. The third kappa shape index (κ3) is 3.99. The summed E-state index contributed by atoms with van der Waals surface area (Å²) in [5.41, 5.74) is 0.383. The van der Waals surface area contributed by atoms with E-state index in [4.69, 9.17) is 0 Å². The van der Waals surface area contributed by atoms with Crippen molar-refractivity contribution >= 4 is 17.5 Å². The van der Waals surface area contributed by atoms with E-state index in [9.17, 15) is 20.3 Å². The van der Waals surface area contributed by atoms with E-state index in [1.807, 2.05) is 18.2 Å². The fraction of sp³-hybridized carbons (Fsp3) is 0.455. The first-order valence-electron chi connectivity index (χ1n) is 10.3. The van der Waals surface area contributed by atoms with Crippen LogP contribution in [0.1, 0.15) is 48.8 Å². The first kappa shape index (κ1) is 20.3. The molecule has 4 rings (SSSR count). The van der Waals surface area contributed by atoms with E-state index < -0.39 is 5.60 Å². The van der Waals surface area contributed by atoms with Crippen molar-refractivity contribution in [2.45, 2.75) is 56.3 Å². The molecular formula is C22H25N5O3. The minimum absolute atomic E-state index is 0.150. The second-order valence-corrected chi connectivity index (χ2v) is 8.01. The van der Waals surface area contributed by atoms with Crippen LogP contribution in [0.4, 0.5) is 11.8 Å². The number of nitrogens with one attached hydrogen (secondary N) is 2. The molecule has 1 saturated carbocycles. The number of hydrogen-bond acceptors (Lipinski definition) is 8. The van der Waals surface area contributed by atoms with Crippen molar-refractivity contribution in [1.29, 1.82) is 5.26 Å². The maximum atomic E-state index is 12.4. The molecule has 4 N–H and O–H groups in total. The van der Waals surface area contributed by atoms with Gasteiger partial charge in [-0.25, -0.2) is 4.98 Å². The molecule has 156 valence electrons. The number of aliphatic hydroxyl groups is 2. The molecule has 0 radical (unpaired) electrons. The van der Waals surface area contributed by atoms with Gasteiger partial charge in [0.05, 0.1) is 12.3 Å². The van der Waals surface area contributed by atoms with Gasteiger partial charge in [0.1, 0.15) is 23.1 Å². The molecule has 1 fully saturated rings. The molecule has 2 aliphatic carbocycles. The molecule has 1 atom stereocenters. The lowest BCUT2D eigenvalue weighted by molar-refractivity contribution is -0.136. The number of rotatable bonds is 6. The van der Waals surface area contributed by atoms with Crippen LogP contribution in [0.15, 0.2) is 30.5 Å². The van der Waals surface area contributed by atoms with Crippen LogP contribution in [0.3, 0.4) is 0 Å². The number of nitriles is 1. The van der Waals surface area contributed by atoms with Crippen LogP contribution in [0.25, 0.3) is 0 Å². The van der Waals surface area contributed by atoms with Crippen molar-refractivity contribution in [2.24, 2.45) is 0 Å².